The SMILES string of the molecule is CCOC(=O)CCN(CCCOC)C(=O)c1ccc(C)cc1. The van der Waals surface area contributed by atoms with Gasteiger partial charge in [-0.25, -0.2) is 0 Å². The van der Waals surface area contributed by atoms with E-state index in [4.69, 9.17) is 9.47 Å². The van der Waals surface area contributed by atoms with Crippen molar-refractivity contribution in [3.8, 4) is 0 Å². The van der Waals surface area contributed by atoms with E-state index < -0.39 is 0 Å². The second-order valence-corrected chi connectivity index (χ2v) is 5.06. The normalized spacial score (nSPS) is 10.3. The number of carbonyl (C=O) groups is 2. The topological polar surface area (TPSA) is 55.8 Å². The molecule has 0 bridgehead atoms. The summed E-state index contributed by atoms with van der Waals surface area (Å²) in [4.78, 5) is 25.7. The van der Waals surface area contributed by atoms with Gasteiger partial charge in [0.1, 0.15) is 0 Å². The summed E-state index contributed by atoms with van der Waals surface area (Å²) < 4.78 is 9.95. The Morgan fingerprint density at radius 1 is 1.14 bits per heavy atom. The molecule has 0 N–H and O–H groups in total. The first-order chi connectivity index (χ1) is 10.6. The Labute approximate surface area is 132 Å². The Hall–Kier alpha value is -1.88. The first-order valence-electron chi connectivity index (χ1n) is 7.59. The largest absolute Gasteiger partial charge is 0.466 e. The predicted molar refractivity (Wildman–Crippen MR) is 84.8 cm³/mol. The second-order valence-electron chi connectivity index (χ2n) is 5.06. The van der Waals surface area contributed by atoms with Gasteiger partial charge in [0.2, 0.25) is 0 Å². The minimum atomic E-state index is -0.282. The van der Waals surface area contributed by atoms with Crippen LogP contribution >= 0.6 is 0 Å². The van der Waals surface area contributed by atoms with Crippen LogP contribution in [0.3, 0.4) is 0 Å². The van der Waals surface area contributed by atoms with E-state index in [1.807, 2.05) is 31.2 Å². The Kier molecular flexibility index (Phi) is 8.22. The molecule has 0 heterocycles. The fourth-order valence-corrected chi connectivity index (χ4v) is 2.05. The summed E-state index contributed by atoms with van der Waals surface area (Å²) >= 11 is 0. The van der Waals surface area contributed by atoms with E-state index in [-0.39, 0.29) is 18.3 Å². The summed E-state index contributed by atoms with van der Waals surface area (Å²) in [5, 5.41) is 0. The van der Waals surface area contributed by atoms with Gasteiger partial charge in [-0.05, 0) is 32.4 Å². The smallest absolute Gasteiger partial charge is 0.307 e. The van der Waals surface area contributed by atoms with Gasteiger partial charge in [0.25, 0.3) is 5.91 Å². The number of aryl methyl sites for hydroxylation is 1. The van der Waals surface area contributed by atoms with Gasteiger partial charge in [-0.3, -0.25) is 9.59 Å². The van der Waals surface area contributed by atoms with Crippen LogP contribution in [-0.4, -0.2) is 50.2 Å². The van der Waals surface area contributed by atoms with Crippen molar-refractivity contribution in [2.45, 2.75) is 26.7 Å². The van der Waals surface area contributed by atoms with Crippen molar-refractivity contribution in [3.05, 3.63) is 35.4 Å². The van der Waals surface area contributed by atoms with Crippen LogP contribution in [0, 0.1) is 6.92 Å². The summed E-state index contributed by atoms with van der Waals surface area (Å²) in [5.41, 5.74) is 1.74. The molecule has 122 valence electrons. The molecule has 0 fully saturated rings. The highest BCUT2D eigenvalue weighted by molar-refractivity contribution is 5.94. The van der Waals surface area contributed by atoms with Gasteiger partial charge in [-0.1, -0.05) is 17.7 Å². The zero-order valence-electron chi connectivity index (χ0n) is 13.6. The van der Waals surface area contributed by atoms with Gasteiger partial charge < -0.3 is 14.4 Å². The van der Waals surface area contributed by atoms with Crippen molar-refractivity contribution in [1.82, 2.24) is 4.90 Å². The molecular weight excluding hydrogens is 282 g/mol. The molecule has 0 saturated heterocycles. The first kappa shape index (κ1) is 18.2. The Balaban J connectivity index is 2.68. The van der Waals surface area contributed by atoms with Gasteiger partial charge in [0.05, 0.1) is 13.0 Å². The molecule has 22 heavy (non-hydrogen) atoms. The van der Waals surface area contributed by atoms with Crippen LogP contribution in [0.2, 0.25) is 0 Å². The minimum Gasteiger partial charge on any atom is -0.466 e. The van der Waals surface area contributed by atoms with E-state index in [1.54, 1.807) is 18.9 Å². The number of ether oxygens (including phenoxy) is 2. The number of nitrogens with zero attached hydrogens (tertiary/aromatic N) is 1. The number of amides is 1. The van der Waals surface area contributed by atoms with Crippen LogP contribution in [-0.2, 0) is 14.3 Å². The lowest BCUT2D eigenvalue weighted by molar-refractivity contribution is -0.143. The number of carbonyl (C=O) groups excluding carboxylic acids is 2. The molecule has 1 rings (SSSR count). The Bertz CT molecular complexity index is 470. The standard InChI is InChI=1S/C17H25NO4/c1-4-22-16(19)10-12-18(11-5-13-21-3)17(20)15-8-6-14(2)7-9-15/h6-9H,4-5,10-13H2,1-3H3. The molecule has 0 aliphatic rings. The lowest BCUT2D eigenvalue weighted by Crippen LogP contribution is -2.34. The third kappa shape index (κ3) is 6.26. The van der Waals surface area contributed by atoms with Crippen LogP contribution in [0.1, 0.15) is 35.7 Å². The van der Waals surface area contributed by atoms with Crippen LogP contribution in [0.15, 0.2) is 24.3 Å². The maximum absolute atomic E-state index is 12.6. The highest BCUT2D eigenvalue weighted by Crippen LogP contribution is 2.09. The first-order valence-corrected chi connectivity index (χ1v) is 7.59. The molecule has 0 spiro atoms. The zero-order chi connectivity index (χ0) is 16.4. The molecule has 0 radical (unpaired) electrons. The predicted octanol–water partition coefficient (Wildman–Crippen LogP) is 2.43. The lowest BCUT2D eigenvalue weighted by Gasteiger charge is -2.22. The molecule has 0 aliphatic carbocycles. The lowest BCUT2D eigenvalue weighted by atomic mass is 10.1. The molecule has 5 heteroatoms. The third-order valence-corrected chi connectivity index (χ3v) is 3.25. The number of hydrogen-bond donors (Lipinski definition) is 0. The van der Waals surface area contributed by atoms with Crippen LogP contribution in [0.4, 0.5) is 0 Å². The summed E-state index contributed by atoms with van der Waals surface area (Å²) in [6.07, 6.45) is 0.940. The molecule has 1 aromatic rings. The highest BCUT2D eigenvalue weighted by atomic mass is 16.5. The zero-order valence-corrected chi connectivity index (χ0v) is 13.6. The molecule has 1 amide bonds. The van der Waals surface area contributed by atoms with Gasteiger partial charge in [-0.15, -0.1) is 0 Å². The Morgan fingerprint density at radius 2 is 1.82 bits per heavy atom. The van der Waals surface area contributed by atoms with Crippen LogP contribution in [0.5, 0.6) is 0 Å². The van der Waals surface area contributed by atoms with Gasteiger partial charge in [0.15, 0.2) is 0 Å². The molecule has 0 aliphatic heterocycles. The highest BCUT2D eigenvalue weighted by Gasteiger charge is 2.17. The number of methoxy groups -OCH3 is 1. The molecule has 1 aromatic carbocycles. The molecule has 0 atom stereocenters. The molecule has 0 unspecified atom stereocenters. The quantitative estimate of drug-likeness (QED) is 0.519. The molecular formula is C17H25NO4. The Morgan fingerprint density at radius 3 is 2.41 bits per heavy atom. The van der Waals surface area contributed by atoms with E-state index in [1.165, 1.54) is 0 Å². The van der Waals surface area contributed by atoms with Gasteiger partial charge >= 0.3 is 5.97 Å². The van der Waals surface area contributed by atoms with Gasteiger partial charge in [-0.2, -0.15) is 0 Å². The number of hydrogen-bond acceptors (Lipinski definition) is 4. The average Bonchev–Trinajstić information content (AvgIpc) is 2.51. The number of rotatable bonds is 9. The fraction of sp³-hybridized carbons (Fsp3) is 0.529. The minimum absolute atomic E-state index is 0.0691. The second kappa shape index (κ2) is 9.95. The maximum Gasteiger partial charge on any atom is 0.307 e. The third-order valence-electron chi connectivity index (χ3n) is 3.25. The number of benzene rings is 1. The summed E-state index contributed by atoms with van der Waals surface area (Å²) in [5.74, 6) is -0.351. The van der Waals surface area contributed by atoms with Crippen molar-refractivity contribution < 1.29 is 19.1 Å². The van der Waals surface area contributed by atoms with Crippen LogP contribution < -0.4 is 0 Å². The monoisotopic (exact) mass is 307 g/mol. The van der Waals surface area contributed by atoms with Crippen molar-refractivity contribution in [3.63, 3.8) is 0 Å². The molecule has 0 aromatic heterocycles. The average molecular weight is 307 g/mol. The van der Waals surface area contributed by atoms with Gasteiger partial charge in [0, 0.05) is 32.4 Å². The van der Waals surface area contributed by atoms with E-state index >= 15 is 0 Å². The van der Waals surface area contributed by atoms with E-state index in [0.717, 1.165) is 12.0 Å². The van der Waals surface area contributed by atoms with Crippen LogP contribution in [0.25, 0.3) is 0 Å². The summed E-state index contributed by atoms with van der Waals surface area (Å²) in [6.45, 7) is 5.60. The van der Waals surface area contributed by atoms with Crippen molar-refractivity contribution >= 4 is 11.9 Å². The maximum atomic E-state index is 12.6. The number of esters is 1. The summed E-state index contributed by atoms with van der Waals surface area (Å²) in [6, 6.07) is 7.44. The molecule has 0 saturated carbocycles. The van der Waals surface area contributed by atoms with E-state index in [0.29, 0.717) is 31.9 Å². The van der Waals surface area contributed by atoms with Crippen molar-refractivity contribution in [2.75, 3.05) is 33.4 Å². The van der Waals surface area contributed by atoms with E-state index in [9.17, 15) is 9.59 Å². The van der Waals surface area contributed by atoms with E-state index in [2.05, 4.69) is 0 Å². The summed E-state index contributed by atoms with van der Waals surface area (Å²) in [7, 11) is 1.63. The van der Waals surface area contributed by atoms with Crippen molar-refractivity contribution in [1.29, 1.82) is 0 Å². The fourth-order valence-electron chi connectivity index (χ4n) is 2.05. The van der Waals surface area contributed by atoms with Crippen molar-refractivity contribution in [2.24, 2.45) is 0 Å². The molecule has 5 nitrogen and oxygen atoms in total.